The van der Waals surface area contributed by atoms with E-state index in [1.54, 1.807) is 35.1 Å². The van der Waals surface area contributed by atoms with Crippen LogP contribution in [0.3, 0.4) is 0 Å². The molecule has 7 nitrogen and oxygen atoms in total. The second kappa shape index (κ2) is 8.19. The van der Waals surface area contributed by atoms with Crippen LogP contribution < -0.4 is 5.32 Å². The molecule has 0 aromatic carbocycles. The summed E-state index contributed by atoms with van der Waals surface area (Å²) < 4.78 is 15.0. The van der Waals surface area contributed by atoms with E-state index in [2.05, 4.69) is 20.3 Å². The van der Waals surface area contributed by atoms with E-state index in [9.17, 15) is 14.0 Å². The summed E-state index contributed by atoms with van der Waals surface area (Å²) in [4.78, 5) is 37.6. The van der Waals surface area contributed by atoms with E-state index in [4.69, 9.17) is 11.6 Å². The van der Waals surface area contributed by atoms with Gasteiger partial charge in [0.15, 0.2) is 5.78 Å². The number of rotatable bonds is 6. The molecule has 4 heterocycles. The van der Waals surface area contributed by atoms with E-state index in [0.717, 1.165) is 28.5 Å². The molecule has 2 atom stereocenters. The normalized spacial score (nSPS) is 17.5. The number of pyridine rings is 3. The van der Waals surface area contributed by atoms with Gasteiger partial charge in [0, 0.05) is 41.4 Å². The number of hydrogen-bond donors (Lipinski definition) is 1. The number of halogens is 2. The van der Waals surface area contributed by atoms with Crippen molar-refractivity contribution in [3.63, 3.8) is 0 Å². The molecule has 0 radical (unpaired) electrons. The Morgan fingerprint density at radius 3 is 2.64 bits per heavy atom. The Bertz CT molecular complexity index is 1430. The smallest absolute Gasteiger partial charge is 0.231 e. The minimum absolute atomic E-state index is 0.0173. The number of aryl methyl sites for hydroxylation is 1. The number of fused-ring (bicyclic) bond motifs is 3. The van der Waals surface area contributed by atoms with Gasteiger partial charge >= 0.3 is 0 Å². The lowest BCUT2D eigenvalue weighted by atomic mass is 10.0. The Morgan fingerprint density at radius 1 is 1.15 bits per heavy atom. The molecule has 168 valence electrons. The molecular formula is C24H21ClFN5O2. The summed E-state index contributed by atoms with van der Waals surface area (Å²) in [6, 6.07) is 5.43. The predicted molar refractivity (Wildman–Crippen MR) is 124 cm³/mol. The van der Waals surface area contributed by atoms with Gasteiger partial charge in [0.2, 0.25) is 5.91 Å². The van der Waals surface area contributed by atoms with Gasteiger partial charge in [-0.05, 0) is 37.5 Å². The van der Waals surface area contributed by atoms with E-state index in [1.165, 1.54) is 0 Å². The number of hydrogen-bond acceptors (Lipinski definition) is 5. The molecule has 1 amide bonds. The lowest BCUT2D eigenvalue weighted by Crippen LogP contribution is -2.16. The van der Waals surface area contributed by atoms with Crippen molar-refractivity contribution in [3.05, 3.63) is 53.2 Å². The maximum Gasteiger partial charge on any atom is 0.231 e. The van der Waals surface area contributed by atoms with Gasteiger partial charge in [-0.25, -0.2) is 14.4 Å². The van der Waals surface area contributed by atoms with Crippen LogP contribution in [-0.4, -0.2) is 37.2 Å². The van der Waals surface area contributed by atoms with Crippen molar-refractivity contribution in [1.82, 2.24) is 19.4 Å². The maximum atomic E-state index is 13.2. The highest BCUT2D eigenvalue weighted by Crippen LogP contribution is 2.36. The highest BCUT2D eigenvalue weighted by molar-refractivity contribution is 6.30. The van der Waals surface area contributed by atoms with Gasteiger partial charge < -0.3 is 5.32 Å². The molecule has 1 aliphatic rings. The summed E-state index contributed by atoms with van der Waals surface area (Å²) in [6.45, 7) is 3.89. The molecule has 0 bridgehead atoms. The van der Waals surface area contributed by atoms with Crippen LogP contribution >= 0.6 is 11.6 Å². The Kier molecular flexibility index (Phi) is 5.32. The van der Waals surface area contributed by atoms with Crippen LogP contribution in [0.1, 0.15) is 42.2 Å². The number of aromatic nitrogens is 4. The summed E-state index contributed by atoms with van der Waals surface area (Å²) in [7, 11) is 0. The van der Waals surface area contributed by atoms with Gasteiger partial charge in [0.05, 0.1) is 17.6 Å². The molecule has 33 heavy (non-hydrogen) atoms. The van der Waals surface area contributed by atoms with Crippen LogP contribution in [0.5, 0.6) is 0 Å². The van der Waals surface area contributed by atoms with Crippen molar-refractivity contribution in [2.45, 2.75) is 39.3 Å². The third kappa shape index (κ3) is 3.84. The van der Waals surface area contributed by atoms with E-state index in [0.29, 0.717) is 34.2 Å². The first-order valence-corrected chi connectivity index (χ1v) is 11.2. The summed E-state index contributed by atoms with van der Waals surface area (Å²) in [5.74, 6) is -0.645. The largest absolute Gasteiger partial charge is 0.310 e. The standard InChI is InChI=1S/C24H21ClFN5O2/c1-3-4-20(32)18-5-12(2)16(10-27-18)14-6-13-9-28-22(30-24(33)15-7-17(15)26)8-19(13)31-21(25)11-29-23(14)31/h5-6,8-11,15,17H,3-4,7H2,1-2H3,(H,28,30,33)/t15-,17+/m0/s1. The molecule has 4 aromatic heterocycles. The quantitative estimate of drug-likeness (QED) is 0.396. The Labute approximate surface area is 194 Å². The van der Waals surface area contributed by atoms with Crippen molar-refractivity contribution in [2.75, 3.05) is 5.32 Å². The van der Waals surface area contributed by atoms with Gasteiger partial charge in [-0.2, -0.15) is 0 Å². The van der Waals surface area contributed by atoms with Crippen molar-refractivity contribution < 1.29 is 14.0 Å². The highest BCUT2D eigenvalue weighted by atomic mass is 35.5. The minimum Gasteiger partial charge on any atom is -0.310 e. The molecule has 5 rings (SSSR count). The molecule has 1 fully saturated rings. The SMILES string of the molecule is CCCC(=O)c1cc(C)c(-c2cc3cnc(NC(=O)[C@H]4C[C@H]4F)cc3n3c(Cl)cnc23)cn1. The Morgan fingerprint density at radius 2 is 1.94 bits per heavy atom. The molecule has 0 saturated heterocycles. The lowest BCUT2D eigenvalue weighted by molar-refractivity contribution is -0.117. The fourth-order valence-electron chi connectivity index (χ4n) is 4.00. The third-order valence-electron chi connectivity index (χ3n) is 5.88. The Hall–Kier alpha value is -3.39. The first kappa shape index (κ1) is 21.5. The number of anilines is 1. The number of carbonyl (C=O) groups is 2. The zero-order chi connectivity index (χ0) is 23.3. The van der Waals surface area contributed by atoms with Gasteiger partial charge in [-0.3, -0.25) is 19.0 Å². The van der Waals surface area contributed by atoms with Crippen LogP contribution in [-0.2, 0) is 4.79 Å². The van der Waals surface area contributed by atoms with Crippen LogP contribution in [0, 0.1) is 12.8 Å². The summed E-state index contributed by atoms with van der Waals surface area (Å²) in [5, 5.41) is 3.85. The zero-order valence-electron chi connectivity index (χ0n) is 18.1. The molecule has 4 aromatic rings. The van der Waals surface area contributed by atoms with Crippen molar-refractivity contribution in [1.29, 1.82) is 0 Å². The number of ketones is 1. The number of nitrogens with one attached hydrogen (secondary N) is 1. The average molecular weight is 466 g/mol. The average Bonchev–Trinajstić information content (AvgIpc) is 3.41. The van der Waals surface area contributed by atoms with E-state index < -0.39 is 12.1 Å². The van der Waals surface area contributed by atoms with Gasteiger partial charge in [0.25, 0.3) is 0 Å². The molecule has 0 aliphatic heterocycles. The fraction of sp³-hybridized carbons (Fsp3) is 0.292. The monoisotopic (exact) mass is 465 g/mol. The summed E-state index contributed by atoms with van der Waals surface area (Å²) in [6.07, 6.45) is 5.26. The van der Waals surface area contributed by atoms with Crippen LogP contribution in [0.2, 0.25) is 5.15 Å². The topological polar surface area (TPSA) is 89.2 Å². The summed E-state index contributed by atoms with van der Waals surface area (Å²) >= 11 is 6.47. The van der Waals surface area contributed by atoms with Crippen molar-refractivity contribution >= 4 is 45.7 Å². The Balaban J connectivity index is 1.60. The van der Waals surface area contributed by atoms with Gasteiger partial charge in [0.1, 0.15) is 28.5 Å². The van der Waals surface area contributed by atoms with Gasteiger partial charge in [-0.1, -0.05) is 18.5 Å². The summed E-state index contributed by atoms with van der Waals surface area (Å²) in [5.41, 5.74) is 4.29. The van der Waals surface area contributed by atoms with E-state index in [1.807, 2.05) is 19.9 Å². The molecule has 1 aliphatic carbocycles. The number of amides is 1. The zero-order valence-corrected chi connectivity index (χ0v) is 18.9. The molecule has 9 heteroatoms. The minimum atomic E-state index is -1.08. The molecule has 1 N–H and O–H groups in total. The van der Waals surface area contributed by atoms with Crippen molar-refractivity contribution in [3.8, 4) is 11.1 Å². The van der Waals surface area contributed by atoms with Crippen LogP contribution in [0.15, 0.2) is 36.8 Å². The van der Waals surface area contributed by atoms with Gasteiger partial charge in [-0.15, -0.1) is 0 Å². The number of imidazole rings is 1. The van der Waals surface area contributed by atoms with E-state index >= 15 is 0 Å². The number of Topliss-reactive ketones (excluding diaryl/α,β-unsaturated/α-hetero) is 1. The highest BCUT2D eigenvalue weighted by Gasteiger charge is 2.43. The lowest BCUT2D eigenvalue weighted by Gasteiger charge is -2.13. The van der Waals surface area contributed by atoms with E-state index in [-0.39, 0.29) is 18.1 Å². The predicted octanol–water partition coefficient (Wildman–Crippen LogP) is 5.19. The number of carbonyl (C=O) groups excluding carboxylic acids is 2. The first-order chi connectivity index (χ1) is 15.9. The molecule has 1 saturated carbocycles. The molecule has 0 unspecified atom stereocenters. The molecule has 0 spiro atoms. The maximum absolute atomic E-state index is 13.2. The number of alkyl halides is 1. The van der Waals surface area contributed by atoms with Crippen molar-refractivity contribution in [2.24, 2.45) is 5.92 Å². The number of nitrogens with zero attached hydrogens (tertiary/aromatic N) is 4. The second-order valence-electron chi connectivity index (χ2n) is 8.33. The third-order valence-corrected chi connectivity index (χ3v) is 6.14. The van der Waals surface area contributed by atoms with Crippen LogP contribution in [0.4, 0.5) is 10.2 Å². The molecular weight excluding hydrogens is 445 g/mol. The second-order valence-corrected chi connectivity index (χ2v) is 8.72. The fourth-order valence-corrected chi connectivity index (χ4v) is 4.22. The van der Waals surface area contributed by atoms with Crippen LogP contribution in [0.25, 0.3) is 27.7 Å². The first-order valence-electron chi connectivity index (χ1n) is 10.8.